The Morgan fingerprint density at radius 2 is 1.69 bits per heavy atom. The molecule has 6 nitrogen and oxygen atoms in total. The molecule has 0 fully saturated rings. The predicted octanol–water partition coefficient (Wildman–Crippen LogP) is 4.68. The van der Waals surface area contributed by atoms with Gasteiger partial charge < -0.3 is 14.0 Å². The zero-order chi connectivity index (χ0) is 22.5. The Bertz CT molecular complexity index is 1320. The highest BCUT2D eigenvalue weighted by Crippen LogP contribution is 2.24. The lowest BCUT2D eigenvalue weighted by Crippen LogP contribution is -2.23. The molecule has 0 aliphatic carbocycles. The SMILES string of the molecule is CCOC(=O)Cn1c(=NC(=O)c2ccc(-c3ccccc3)cc2)sc2cc(OC)ccc21. The van der Waals surface area contributed by atoms with Crippen LogP contribution in [0.2, 0.25) is 0 Å². The van der Waals surface area contributed by atoms with E-state index in [0.717, 1.165) is 21.3 Å². The summed E-state index contributed by atoms with van der Waals surface area (Å²) in [4.78, 5) is 29.8. The Morgan fingerprint density at radius 3 is 2.38 bits per heavy atom. The molecule has 0 atom stereocenters. The zero-order valence-corrected chi connectivity index (χ0v) is 18.6. The summed E-state index contributed by atoms with van der Waals surface area (Å²) in [6.07, 6.45) is 0. The van der Waals surface area contributed by atoms with Gasteiger partial charge in [-0.2, -0.15) is 4.99 Å². The minimum atomic E-state index is -0.385. The molecule has 0 saturated carbocycles. The van der Waals surface area contributed by atoms with E-state index in [4.69, 9.17) is 9.47 Å². The van der Waals surface area contributed by atoms with Crippen LogP contribution in [0.1, 0.15) is 17.3 Å². The fourth-order valence-corrected chi connectivity index (χ4v) is 4.40. The molecule has 1 aromatic heterocycles. The first kappa shape index (κ1) is 21.5. The van der Waals surface area contributed by atoms with Gasteiger partial charge in [-0.3, -0.25) is 9.59 Å². The van der Waals surface area contributed by atoms with Gasteiger partial charge in [-0.25, -0.2) is 0 Å². The molecule has 0 bridgehead atoms. The van der Waals surface area contributed by atoms with Crippen molar-refractivity contribution in [3.05, 3.63) is 83.2 Å². The Balaban J connectivity index is 1.71. The number of hydrogen-bond acceptors (Lipinski definition) is 5. The van der Waals surface area contributed by atoms with Crippen molar-refractivity contribution >= 4 is 33.4 Å². The average molecular weight is 447 g/mol. The van der Waals surface area contributed by atoms with E-state index >= 15 is 0 Å². The molecule has 0 radical (unpaired) electrons. The van der Waals surface area contributed by atoms with Gasteiger partial charge in [-0.15, -0.1) is 0 Å². The smallest absolute Gasteiger partial charge is 0.326 e. The molecule has 3 aromatic carbocycles. The Labute approximate surface area is 189 Å². The summed E-state index contributed by atoms with van der Waals surface area (Å²) in [5.74, 6) is -0.0683. The molecule has 162 valence electrons. The number of benzene rings is 3. The second kappa shape index (κ2) is 9.62. The van der Waals surface area contributed by atoms with Crippen LogP contribution in [0.25, 0.3) is 21.3 Å². The molecule has 1 heterocycles. The second-order valence-corrected chi connectivity index (χ2v) is 7.98. The van der Waals surface area contributed by atoms with Crippen LogP contribution in [0.15, 0.2) is 77.8 Å². The summed E-state index contributed by atoms with van der Waals surface area (Å²) in [7, 11) is 1.59. The standard InChI is InChI=1S/C25H22N2O4S/c1-3-31-23(28)16-27-21-14-13-20(30-2)15-22(21)32-25(27)26-24(29)19-11-9-18(10-12-19)17-7-5-4-6-8-17/h4-15H,3,16H2,1-2H3. The maximum absolute atomic E-state index is 12.9. The summed E-state index contributed by atoms with van der Waals surface area (Å²) in [6, 6.07) is 22.8. The molecule has 0 aliphatic heterocycles. The van der Waals surface area contributed by atoms with Crippen molar-refractivity contribution < 1.29 is 19.1 Å². The van der Waals surface area contributed by atoms with E-state index in [2.05, 4.69) is 4.99 Å². The van der Waals surface area contributed by atoms with Gasteiger partial charge in [-0.1, -0.05) is 53.8 Å². The summed E-state index contributed by atoms with van der Waals surface area (Å²) in [5.41, 5.74) is 3.36. The van der Waals surface area contributed by atoms with Crippen LogP contribution in [0, 0.1) is 0 Å². The van der Waals surface area contributed by atoms with Gasteiger partial charge >= 0.3 is 5.97 Å². The summed E-state index contributed by atoms with van der Waals surface area (Å²) < 4.78 is 13.0. The third-order valence-corrected chi connectivity index (χ3v) is 5.96. The number of carbonyl (C=O) groups excluding carboxylic acids is 2. The van der Waals surface area contributed by atoms with Crippen LogP contribution in [0.4, 0.5) is 0 Å². The number of methoxy groups -OCH3 is 1. The van der Waals surface area contributed by atoms with Gasteiger partial charge in [-0.05, 0) is 48.4 Å². The molecular formula is C25H22N2O4S. The van der Waals surface area contributed by atoms with Crippen LogP contribution < -0.4 is 9.54 Å². The van der Waals surface area contributed by atoms with Crippen molar-refractivity contribution in [3.63, 3.8) is 0 Å². The number of ether oxygens (including phenoxy) is 2. The van der Waals surface area contributed by atoms with Crippen molar-refractivity contribution in [1.82, 2.24) is 4.57 Å². The lowest BCUT2D eigenvalue weighted by molar-refractivity contribution is -0.143. The molecule has 0 saturated heterocycles. The van der Waals surface area contributed by atoms with Gasteiger partial charge in [0.1, 0.15) is 12.3 Å². The van der Waals surface area contributed by atoms with E-state index in [1.807, 2.05) is 60.7 Å². The monoisotopic (exact) mass is 446 g/mol. The number of thiazole rings is 1. The molecular weight excluding hydrogens is 424 g/mol. The number of esters is 1. The maximum Gasteiger partial charge on any atom is 0.326 e. The van der Waals surface area contributed by atoms with E-state index in [0.29, 0.717) is 16.1 Å². The topological polar surface area (TPSA) is 69.9 Å². The van der Waals surface area contributed by atoms with Gasteiger partial charge in [0, 0.05) is 5.56 Å². The zero-order valence-electron chi connectivity index (χ0n) is 17.8. The molecule has 7 heteroatoms. The van der Waals surface area contributed by atoms with Crippen LogP contribution in [-0.4, -0.2) is 30.2 Å². The first-order valence-corrected chi connectivity index (χ1v) is 11.0. The number of nitrogens with zero attached hydrogens (tertiary/aromatic N) is 2. The molecule has 32 heavy (non-hydrogen) atoms. The summed E-state index contributed by atoms with van der Waals surface area (Å²) in [6.45, 7) is 2.01. The van der Waals surface area contributed by atoms with Crippen molar-refractivity contribution in [1.29, 1.82) is 0 Å². The van der Waals surface area contributed by atoms with Crippen molar-refractivity contribution in [2.75, 3.05) is 13.7 Å². The fourth-order valence-electron chi connectivity index (χ4n) is 3.34. The normalized spacial score (nSPS) is 11.5. The quantitative estimate of drug-likeness (QED) is 0.403. The van der Waals surface area contributed by atoms with E-state index < -0.39 is 0 Å². The van der Waals surface area contributed by atoms with Crippen LogP contribution in [0.5, 0.6) is 5.75 Å². The fraction of sp³-hybridized carbons (Fsp3) is 0.160. The van der Waals surface area contributed by atoms with Crippen LogP contribution in [0.3, 0.4) is 0 Å². The summed E-state index contributed by atoms with van der Waals surface area (Å²) in [5, 5.41) is 0. The van der Waals surface area contributed by atoms with Gasteiger partial charge in [0.15, 0.2) is 4.80 Å². The van der Waals surface area contributed by atoms with Crippen LogP contribution in [-0.2, 0) is 16.1 Å². The lowest BCUT2D eigenvalue weighted by atomic mass is 10.0. The van der Waals surface area contributed by atoms with Gasteiger partial charge in [0.25, 0.3) is 5.91 Å². The molecule has 0 N–H and O–H groups in total. The Hall–Kier alpha value is -3.71. The number of fused-ring (bicyclic) bond motifs is 1. The number of rotatable bonds is 6. The largest absolute Gasteiger partial charge is 0.497 e. The predicted molar refractivity (Wildman–Crippen MR) is 125 cm³/mol. The van der Waals surface area contributed by atoms with Crippen molar-refractivity contribution in [2.24, 2.45) is 4.99 Å². The lowest BCUT2D eigenvalue weighted by Gasteiger charge is -2.06. The maximum atomic E-state index is 12.9. The highest BCUT2D eigenvalue weighted by molar-refractivity contribution is 7.16. The number of carbonyl (C=O) groups is 2. The third kappa shape index (κ3) is 4.63. The van der Waals surface area contributed by atoms with E-state index in [9.17, 15) is 9.59 Å². The highest BCUT2D eigenvalue weighted by atomic mass is 32.1. The number of hydrogen-bond donors (Lipinski definition) is 0. The van der Waals surface area contributed by atoms with Crippen molar-refractivity contribution in [2.45, 2.75) is 13.5 Å². The van der Waals surface area contributed by atoms with E-state index in [1.54, 1.807) is 30.7 Å². The Kier molecular flexibility index (Phi) is 6.47. The summed E-state index contributed by atoms with van der Waals surface area (Å²) >= 11 is 1.32. The molecule has 4 aromatic rings. The molecule has 4 rings (SSSR count). The highest BCUT2D eigenvalue weighted by Gasteiger charge is 2.14. The van der Waals surface area contributed by atoms with E-state index in [-0.39, 0.29) is 25.0 Å². The molecule has 0 unspecified atom stereocenters. The van der Waals surface area contributed by atoms with Crippen molar-refractivity contribution in [3.8, 4) is 16.9 Å². The van der Waals surface area contributed by atoms with E-state index in [1.165, 1.54) is 11.3 Å². The molecule has 0 aliphatic rings. The number of amides is 1. The van der Waals surface area contributed by atoms with Gasteiger partial charge in [0.2, 0.25) is 0 Å². The minimum absolute atomic E-state index is 0.0285. The third-order valence-electron chi connectivity index (χ3n) is 4.92. The number of aromatic nitrogens is 1. The second-order valence-electron chi connectivity index (χ2n) is 6.97. The molecule has 0 spiro atoms. The van der Waals surface area contributed by atoms with Gasteiger partial charge in [0.05, 0.1) is 23.9 Å². The average Bonchev–Trinajstić information content (AvgIpc) is 3.15. The minimum Gasteiger partial charge on any atom is -0.497 e. The Morgan fingerprint density at radius 1 is 0.969 bits per heavy atom. The first-order valence-electron chi connectivity index (χ1n) is 10.2. The van der Waals surface area contributed by atoms with Crippen LogP contribution >= 0.6 is 11.3 Å². The first-order chi connectivity index (χ1) is 15.6. The molecule has 1 amide bonds.